The fourth-order valence-corrected chi connectivity index (χ4v) is 10.5. The van der Waals surface area contributed by atoms with E-state index in [0.29, 0.717) is 45.4 Å². The maximum absolute atomic E-state index is 13.1. The number of nitrogens with one attached hydrogen (secondary N) is 4. The number of thioether (sulfide) groups is 1. The number of likely N-dealkylation sites (N-methyl/N-ethyl adjacent to an activating group) is 1. The zero-order valence-electron chi connectivity index (χ0n) is 42.0. The van der Waals surface area contributed by atoms with Crippen molar-refractivity contribution in [1.82, 2.24) is 45.8 Å². The predicted octanol–water partition coefficient (Wildman–Crippen LogP) is 2.52. The Morgan fingerprint density at radius 3 is 1.46 bits per heavy atom. The zero-order chi connectivity index (χ0) is 53.6. The van der Waals surface area contributed by atoms with Crippen LogP contribution in [-0.4, -0.2) is 178 Å². The van der Waals surface area contributed by atoms with E-state index in [1.165, 1.54) is 24.0 Å². The summed E-state index contributed by atoms with van der Waals surface area (Å²) in [5, 5.41) is 36.1. The van der Waals surface area contributed by atoms with Gasteiger partial charge in [0.15, 0.2) is 11.7 Å². The normalized spacial score (nSPS) is 21.4. The van der Waals surface area contributed by atoms with Crippen LogP contribution >= 0.6 is 11.8 Å². The largest absolute Gasteiger partial charge is 0.497 e. The molecular weight excluding hydrogens is 995 g/mol. The monoisotopic (exact) mass is 1050 g/mol. The number of hydrogen-bond acceptors (Lipinski definition) is 14. The second kappa shape index (κ2) is 22.4. The van der Waals surface area contributed by atoms with Crippen molar-refractivity contribution in [2.75, 3.05) is 85.1 Å². The molecule has 392 valence electrons. The summed E-state index contributed by atoms with van der Waals surface area (Å²) in [7, 11) is 5.13. The van der Waals surface area contributed by atoms with Crippen LogP contribution in [0.5, 0.6) is 11.5 Å². The molecule has 0 spiro atoms. The molecule has 4 saturated heterocycles. The fraction of sp³-hybridized carbons (Fsp3) is 0.333. The molecular formula is C54H55N11O10S. The highest BCUT2D eigenvalue weighted by molar-refractivity contribution is 7.99. The van der Waals surface area contributed by atoms with Crippen molar-refractivity contribution in [2.45, 2.75) is 30.6 Å². The predicted molar refractivity (Wildman–Crippen MR) is 280 cm³/mol. The van der Waals surface area contributed by atoms with Gasteiger partial charge in [0.05, 0.1) is 27.3 Å². The van der Waals surface area contributed by atoms with E-state index in [-0.39, 0.29) is 38.0 Å². The molecule has 21 nitrogen and oxygen atoms in total. The van der Waals surface area contributed by atoms with Gasteiger partial charge in [-0.2, -0.15) is 11.8 Å². The molecule has 0 radical (unpaired) electrons. The molecule has 8 amide bonds. The Morgan fingerprint density at radius 1 is 0.605 bits per heavy atom. The molecule has 6 aliphatic heterocycles. The molecule has 0 aliphatic carbocycles. The number of hydrogen-bond donors (Lipinski definition) is 6. The van der Waals surface area contributed by atoms with Gasteiger partial charge in [0.25, 0.3) is 23.6 Å². The number of amides is 8. The number of carbonyl (C=O) groups excluding carboxylic acids is 6. The van der Waals surface area contributed by atoms with Crippen LogP contribution in [0.15, 0.2) is 95.2 Å². The number of imide groups is 2. The standard InChI is InChI=1S/C28H30N6O5.C26H25N5O5S/c1-32-12-3-13-33(15-14-32)24(31-38)20-6-4-19(5-7-20)10-11-28(26(36)29-27(37)30-28)18-34-17-21-8-9-22(39-2)16-23(21)25(34)35;1-36-20-7-6-19-15-31(23(32)21(19)14-20)16-26(24(33)27-25(34)28-26)9-8-17-2-4-18(5-3-17)22(29-35)30-10-12-37-13-11-30/h4-9,16,38H,3,12-15,17-18H2,1-2H3,(H2,29,30,36,37);2-7,14,35H,10-13,15-16H2,1H3,(H2,27,28,33,34)/t28-;26-/m11/s1. The number of urea groups is 2. The van der Waals surface area contributed by atoms with Gasteiger partial charge in [-0.3, -0.25) is 29.8 Å². The van der Waals surface area contributed by atoms with Crippen LogP contribution < -0.4 is 30.7 Å². The van der Waals surface area contributed by atoms with E-state index in [9.17, 15) is 39.2 Å². The Morgan fingerprint density at radius 2 is 1.05 bits per heavy atom. The number of rotatable bonds is 8. The first kappa shape index (κ1) is 52.1. The van der Waals surface area contributed by atoms with E-state index in [0.717, 1.165) is 79.4 Å². The SMILES string of the molecule is COc1ccc2c(c1)C(=O)N(C[C@@]1(C#Cc3ccc(C(=NO)N4CCCN(C)CC4)cc3)NC(=O)NC1=O)C2.COc1ccc2c(c1)C(=O)N(C[C@@]1(C#Cc3ccc(C(=NO)N4CCSCC4)cc3)NC(=O)NC1=O)C2. The molecule has 0 unspecified atom stereocenters. The van der Waals surface area contributed by atoms with E-state index in [4.69, 9.17) is 9.47 Å². The minimum absolute atomic E-state index is 0.111. The Labute approximate surface area is 442 Å². The average Bonchev–Trinajstić information content (AvgIpc) is 4.09. The quantitative estimate of drug-likeness (QED) is 0.0371. The van der Waals surface area contributed by atoms with Gasteiger partial charge in [-0.05, 0) is 104 Å². The van der Waals surface area contributed by atoms with Gasteiger partial charge in [0.1, 0.15) is 11.5 Å². The molecule has 76 heavy (non-hydrogen) atoms. The first-order valence-electron chi connectivity index (χ1n) is 24.4. The maximum Gasteiger partial charge on any atom is 0.323 e. The summed E-state index contributed by atoms with van der Waals surface area (Å²) in [5.41, 5.74) is 2.09. The number of nitrogens with zero attached hydrogens (tertiary/aromatic N) is 7. The van der Waals surface area contributed by atoms with Gasteiger partial charge in [-0.25, -0.2) is 9.59 Å². The average molecular weight is 1050 g/mol. The van der Waals surface area contributed by atoms with Crippen molar-refractivity contribution in [2.24, 2.45) is 10.3 Å². The minimum Gasteiger partial charge on any atom is -0.497 e. The third kappa shape index (κ3) is 11.0. The van der Waals surface area contributed by atoms with Crippen LogP contribution in [0.25, 0.3) is 0 Å². The van der Waals surface area contributed by atoms with Gasteiger partial charge in [-0.1, -0.05) is 46.1 Å². The number of oxime groups is 2. The first-order chi connectivity index (χ1) is 36.7. The number of amidine groups is 2. The fourth-order valence-electron chi connectivity index (χ4n) is 9.63. The van der Waals surface area contributed by atoms with E-state index in [2.05, 4.69) is 72.1 Å². The lowest BCUT2D eigenvalue weighted by Gasteiger charge is -2.28. The summed E-state index contributed by atoms with van der Waals surface area (Å²) >= 11 is 1.86. The molecule has 4 aromatic carbocycles. The van der Waals surface area contributed by atoms with Crippen molar-refractivity contribution >= 4 is 59.1 Å². The number of ether oxygens (including phenoxy) is 2. The number of methoxy groups -OCH3 is 2. The lowest BCUT2D eigenvalue weighted by atomic mass is 9.99. The number of carbonyl (C=O) groups is 6. The highest BCUT2D eigenvalue weighted by Gasteiger charge is 2.50. The Kier molecular flexibility index (Phi) is 15.4. The van der Waals surface area contributed by atoms with Crippen LogP contribution in [0, 0.1) is 23.7 Å². The van der Waals surface area contributed by atoms with Crippen LogP contribution in [0.4, 0.5) is 9.59 Å². The van der Waals surface area contributed by atoms with Gasteiger partial charge in [-0.15, -0.1) is 0 Å². The molecule has 4 fully saturated rings. The van der Waals surface area contributed by atoms with E-state index in [1.54, 1.807) is 60.7 Å². The summed E-state index contributed by atoms with van der Waals surface area (Å²) < 4.78 is 10.4. The second-order valence-corrected chi connectivity index (χ2v) is 20.0. The van der Waals surface area contributed by atoms with Gasteiger partial charge >= 0.3 is 12.1 Å². The van der Waals surface area contributed by atoms with Crippen LogP contribution in [0.1, 0.15) is 60.5 Å². The van der Waals surface area contributed by atoms with Crippen molar-refractivity contribution < 1.29 is 48.7 Å². The topological polar surface area (TPSA) is 250 Å². The summed E-state index contributed by atoms with van der Waals surface area (Å²) in [6.45, 7) is 5.34. The Bertz CT molecular complexity index is 3160. The van der Waals surface area contributed by atoms with E-state index >= 15 is 0 Å². The molecule has 6 N–H and O–H groups in total. The lowest BCUT2D eigenvalue weighted by molar-refractivity contribution is -0.123. The highest BCUT2D eigenvalue weighted by atomic mass is 32.2. The smallest absolute Gasteiger partial charge is 0.323 e. The summed E-state index contributed by atoms with van der Waals surface area (Å²) in [5.74, 6) is 14.1. The highest BCUT2D eigenvalue weighted by Crippen LogP contribution is 2.30. The summed E-state index contributed by atoms with van der Waals surface area (Å²) in [4.78, 5) is 85.4. The molecule has 10 rings (SSSR count). The zero-order valence-corrected chi connectivity index (χ0v) is 42.8. The molecule has 6 heterocycles. The van der Waals surface area contributed by atoms with Gasteiger partial charge in [0, 0.05) is 90.7 Å². The van der Waals surface area contributed by atoms with Crippen molar-refractivity contribution in [1.29, 1.82) is 0 Å². The van der Waals surface area contributed by atoms with Crippen molar-refractivity contribution in [3.05, 3.63) is 129 Å². The molecule has 22 heteroatoms. The van der Waals surface area contributed by atoms with Crippen LogP contribution in [0.2, 0.25) is 0 Å². The lowest BCUT2D eigenvalue weighted by Crippen LogP contribution is -2.54. The molecule has 6 aliphatic rings. The molecule has 4 aromatic rings. The van der Waals surface area contributed by atoms with Crippen LogP contribution in [-0.2, 0) is 22.7 Å². The summed E-state index contributed by atoms with van der Waals surface area (Å²) in [6, 6.07) is 23.4. The Hall–Kier alpha value is -8.73. The van der Waals surface area contributed by atoms with Crippen molar-refractivity contribution in [3.63, 3.8) is 0 Å². The van der Waals surface area contributed by atoms with Gasteiger partial charge in [0.2, 0.25) is 11.1 Å². The maximum atomic E-state index is 13.1. The Balaban J connectivity index is 0.000000186. The summed E-state index contributed by atoms with van der Waals surface area (Å²) in [6.07, 6.45) is 0.965. The van der Waals surface area contributed by atoms with Crippen LogP contribution in [0.3, 0.4) is 0 Å². The molecule has 0 bridgehead atoms. The first-order valence-corrected chi connectivity index (χ1v) is 25.6. The minimum atomic E-state index is -1.60. The molecule has 2 atom stereocenters. The van der Waals surface area contributed by atoms with E-state index in [1.807, 2.05) is 40.9 Å². The third-order valence-electron chi connectivity index (χ3n) is 13.8. The molecule has 0 aromatic heterocycles. The number of benzene rings is 4. The second-order valence-electron chi connectivity index (χ2n) is 18.7. The van der Waals surface area contributed by atoms with E-state index < -0.39 is 35.0 Å². The van der Waals surface area contributed by atoms with Crippen molar-refractivity contribution in [3.8, 4) is 35.2 Å². The third-order valence-corrected chi connectivity index (χ3v) is 14.7. The van der Waals surface area contributed by atoms with Gasteiger partial charge < -0.3 is 55.0 Å². The molecule has 0 saturated carbocycles. The number of fused-ring (bicyclic) bond motifs is 2.